The molecule has 1 amide bonds. The lowest BCUT2D eigenvalue weighted by Crippen LogP contribution is -2.20. The monoisotopic (exact) mass is 321 g/mol. The zero-order valence-corrected chi connectivity index (χ0v) is 11.9. The van der Waals surface area contributed by atoms with Crippen LogP contribution in [0.1, 0.15) is 13.3 Å². The van der Waals surface area contributed by atoms with Crippen LogP contribution in [0.25, 0.3) is 0 Å². The average molecular weight is 322 g/mol. The van der Waals surface area contributed by atoms with E-state index in [2.05, 4.69) is 5.10 Å². The number of benzene rings is 1. The predicted octanol–water partition coefficient (Wildman–Crippen LogP) is 2.01. The molecule has 2 rings (SSSR count). The van der Waals surface area contributed by atoms with Crippen molar-refractivity contribution in [2.24, 2.45) is 5.10 Å². The minimum atomic E-state index is -4.73. The van der Waals surface area contributed by atoms with Crippen molar-refractivity contribution in [3.63, 3.8) is 0 Å². The van der Waals surface area contributed by atoms with Crippen LogP contribution in [0.5, 0.6) is 0 Å². The quantitative estimate of drug-likeness (QED) is 0.779. The van der Waals surface area contributed by atoms with Crippen LogP contribution in [0.4, 0.5) is 5.69 Å². The first-order chi connectivity index (χ1) is 8.70. The fraction of sp³-hybridized carbons (Fsp3) is 0.200. The molecule has 0 bridgehead atoms. The molecule has 1 aromatic carbocycles. The molecule has 9 heteroatoms. The second-order valence-corrected chi connectivity index (χ2v) is 6.07. The number of rotatable bonds is 2. The Morgan fingerprint density at radius 2 is 1.95 bits per heavy atom. The van der Waals surface area contributed by atoms with Gasteiger partial charge in [0.05, 0.1) is 27.0 Å². The zero-order chi connectivity index (χ0) is 14.4. The molecule has 19 heavy (non-hydrogen) atoms. The molecule has 0 atom stereocenters. The number of amides is 1. The van der Waals surface area contributed by atoms with Gasteiger partial charge in [0.2, 0.25) is 0 Å². The van der Waals surface area contributed by atoms with Gasteiger partial charge in [0.15, 0.2) is 0 Å². The Kier molecular flexibility index (Phi) is 3.57. The van der Waals surface area contributed by atoms with Gasteiger partial charge in [-0.25, -0.2) is 8.42 Å². The Bertz CT molecular complexity index is 700. The number of carbonyl (C=O) groups excluding carboxylic acids is 1. The van der Waals surface area contributed by atoms with Gasteiger partial charge in [-0.3, -0.25) is 4.79 Å². The minimum absolute atomic E-state index is 0.0920. The van der Waals surface area contributed by atoms with Gasteiger partial charge < -0.3 is 4.55 Å². The van der Waals surface area contributed by atoms with Crippen LogP contribution in [0.2, 0.25) is 10.0 Å². The third kappa shape index (κ3) is 2.74. The molecule has 102 valence electrons. The standard InChI is InChI=1S/C10H8Cl2N2O4S/c1-5-2-10(15)14(13-5)8-3-7(12)9(4-6(8)11)19(16,17)18/h3-4H,2H2,1H3,(H,16,17,18)/p-1. The summed E-state index contributed by atoms with van der Waals surface area (Å²) in [5.41, 5.74) is 0.735. The topological polar surface area (TPSA) is 89.9 Å². The van der Waals surface area contributed by atoms with Gasteiger partial charge in [0.1, 0.15) is 10.1 Å². The summed E-state index contributed by atoms with van der Waals surface area (Å²) in [5, 5.41) is 4.60. The van der Waals surface area contributed by atoms with Gasteiger partial charge in [0, 0.05) is 5.71 Å². The van der Waals surface area contributed by atoms with E-state index in [0.29, 0.717) is 5.71 Å². The van der Waals surface area contributed by atoms with Crippen LogP contribution >= 0.6 is 23.2 Å². The molecule has 0 radical (unpaired) electrons. The van der Waals surface area contributed by atoms with E-state index in [1.54, 1.807) is 6.92 Å². The van der Waals surface area contributed by atoms with Gasteiger partial charge in [-0.15, -0.1) is 0 Å². The molecule has 0 N–H and O–H groups in total. The SMILES string of the molecule is CC1=NN(c2cc(Cl)c(S(=O)(=O)[O-])cc2Cl)C(=O)C1. The first-order valence-electron chi connectivity index (χ1n) is 5.02. The molecule has 0 fully saturated rings. The highest BCUT2D eigenvalue weighted by Crippen LogP contribution is 2.35. The van der Waals surface area contributed by atoms with E-state index in [0.717, 1.165) is 17.1 Å². The van der Waals surface area contributed by atoms with E-state index in [1.807, 2.05) is 0 Å². The van der Waals surface area contributed by atoms with Crippen molar-refractivity contribution in [1.29, 1.82) is 0 Å². The molecule has 1 heterocycles. The number of hydrogen-bond donors (Lipinski definition) is 0. The van der Waals surface area contributed by atoms with Gasteiger partial charge in [-0.05, 0) is 19.1 Å². The Hall–Kier alpha value is -1.15. The minimum Gasteiger partial charge on any atom is -0.744 e. The van der Waals surface area contributed by atoms with Crippen LogP contribution in [0.3, 0.4) is 0 Å². The first-order valence-corrected chi connectivity index (χ1v) is 7.18. The van der Waals surface area contributed by atoms with Crippen LogP contribution in [-0.2, 0) is 14.9 Å². The fourth-order valence-corrected chi connectivity index (χ4v) is 2.93. The summed E-state index contributed by atoms with van der Waals surface area (Å²) < 4.78 is 32.8. The third-order valence-corrected chi connectivity index (χ3v) is 4.02. The molecule has 0 aromatic heterocycles. The normalized spacial score (nSPS) is 15.9. The summed E-state index contributed by atoms with van der Waals surface area (Å²) in [6, 6.07) is 2.05. The molecule has 1 aliphatic heterocycles. The maximum Gasteiger partial charge on any atom is 0.253 e. The second kappa shape index (κ2) is 4.75. The van der Waals surface area contributed by atoms with Crippen LogP contribution < -0.4 is 5.01 Å². The second-order valence-electron chi connectivity index (χ2n) is 3.91. The summed E-state index contributed by atoms with van der Waals surface area (Å²) in [4.78, 5) is 11.0. The van der Waals surface area contributed by atoms with E-state index in [1.165, 1.54) is 0 Å². The predicted molar refractivity (Wildman–Crippen MR) is 69.6 cm³/mol. The Balaban J connectivity index is 2.57. The average Bonchev–Trinajstić information content (AvgIpc) is 2.59. The summed E-state index contributed by atoms with van der Waals surface area (Å²) in [6.07, 6.45) is 0.148. The van der Waals surface area contributed by atoms with Crippen molar-refractivity contribution < 1.29 is 17.8 Å². The number of anilines is 1. The lowest BCUT2D eigenvalue weighted by atomic mass is 10.3. The molecular formula is C10H7Cl2N2O4S-. The van der Waals surface area contributed by atoms with Crippen molar-refractivity contribution >= 4 is 50.6 Å². The Morgan fingerprint density at radius 3 is 2.42 bits per heavy atom. The van der Waals surface area contributed by atoms with E-state index in [9.17, 15) is 17.8 Å². The molecule has 0 saturated carbocycles. The van der Waals surface area contributed by atoms with Crippen LogP contribution in [0.15, 0.2) is 22.1 Å². The Labute approximate surface area is 119 Å². The van der Waals surface area contributed by atoms with E-state index in [-0.39, 0.29) is 28.1 Å². The van der Waals surface area contributed by atoms with Crippen LogP contribution in [0, 0.1) is 0 Å². The smallest absolute Gasteiger partial charge is 0.253 e. The lowest BCUT2D eigenvalue weighted by molar-refractivity contribution is -0.116. The number of halogens is 2. The fourth-order valence-electron chi connectivity index (χ4n) is 1.62. The summed E-state index contributed by atoms with van der Waals surface area (Å²) in [5.74, 6) is -0.312. The number of hydrogen-bond acceptors (Lipinski definition) is 5. The van der Waals surface area contributed by atoms with Crippen molar-refractivity contribution in [2.45, 2.75) is 18.2 Å². The maximum absolute atomic E-state index is 11.7. The highest BCUT2D eigenvalue weighted by atomic mass is 35.5. The largest absolute Gasteiger partial charge is 0.744 e. The first kappa shape index (κ1) is 14.3. The molecule has 0 spiro atoms. The van der Waals surface area contributed by atoms with E-state index in [4.69, 9.17) is 23.2 Å². The molecule has 0 saturated heterocycles. The summed E-state index contributed by atoms with van der Waals surface area (Å²) in [7, 11) is -4.73. The van der Waals surface area contributed by atoms with Gasteiger partial charge >= 0.3 is 0 Å². The number of hydrazone groups is 1. The number of nitrogens with zero attached hydrogens (tertiary/aromatic N) is 2. The number of carbonyl (C=O) groups is 1. The molecule has 0 aliphatic carbocycles. The van der Waals surface area contributed by atoms with E-state index >= 15 is 0 Å². The maximum atomic E-state index is 11.7. The van der Waals surface area contributed by atoms with Crippen LogP contribution in [-0.4, -0.2) is 24.6 Å². The van der Waals surface area contributed by atoms with Crippen molar-refractivity contribution in [3.05, 3.63) is 22.2 Å². The van der Waals surface area contributed by atoms with E-state index < -0.39 is 15.0 Å². The summed E-state index contributed by atoms with van der Waals surface area (Å²) in [6.45, 7) is 1.67. The van der Waals surface area contributed by atoms with Crippen molar-refractivity contribution in [3.8, 4) is 0 Å². The van der Waals surface area contributed by atoms with Gasteiger partial charge in [0.25, 0.3) is 5.91 Å². The zero-order valence-electron chi connectivity index (χ0n) is 9.55. The van der Waals surface area contributed by atoms with Gasteiger partial charge in [-0.1, -0.05) is 23.2 Å². The lowest BCUT2D eigenvalue weighted by Gasteiger charge is -2.16. The van der Waals surface area contributed by atoms with Gasteiger partial charge in [-0.2, -0.15) is 10.1 Å². The highest BCUT2D eigenvalue weighted by Gasteiger charge is 2.26. The molecule has 6 nitrogen and oxygen atoms in total. The van der Waals surface area contributed by atoms with Crippen molar-refractivity contribution in [2.75, 3.05) is 5.01 Å². The molecule has 1 aliphatic rings. The van der Waals surface area contributed by atoms with Crippen molar-refractivity contribution in [1.82, 2.24) is 0 Å². The summed E-state index contributed by atoms with van der Waals surface area (Å²) >= 11 is 11.6. The Morgan fingerprint density at radius 1 is 1.32 bits per heavy atom. The molecule has 1 aromatic rings. The highest BCUT2D eigenvalue weighted by molar-refractivity contribution is 7.85. The molecule has 0 unspecified atom stereocenters. The molecular weight excluding hydrogens is 315 g/mol. The third-order valence-electron chi connectivity index (χ3n) is 2.41.